The molecule has 1 amide bonds. The number of primary amides is 1. The summed E-state index contributed by atoms with van der Waals surface area (Å²) in [6.07, 6.45) is 4.73. The third kappa shape index (κ3) is 3.94. The average Bonchev–Trinajstić information content (AvgIpc) is 3.06. The van der Waals surface area contributed by atoms with Gasteiger partial charge in [0, 0.05) is 12.4 Å². The Bertz CT molecular complexity index is 957. The first-order chi connectivity index (χ1) is 13.0. The van der Waals surface area contributed by atoms with Crippen LogP contribution in [0.25, 0.3) is 10.2 Å². The summed E-state index contributed by atoms with van der Waals surface area (Å²) in [4.78, 5) is 20.0. The highest BCUT2D eigenvalue weighted by Gasteiger charge is 2.37. The molecule has 0 aliphatic heterocycles. The fourth-order valence-electron chi connectivity index (χ4n) is 3.15. The Morgan fingerprint density at radius 2 is 2.15 bits per heavy atom. The summed E-state index contributed by atoms with van der Waals surface area (Å²) in [7, 11) is 0. The molecule has 0 saturated carbocycles. The number of nitrogens with zero attached hydrogens (tertiary/aromatic N) is 2. The number of aliphatic hydroxyl groups is 1. The maximum atomic E-state index is 11.6. The maximum Gasteiger partial charge on any atom is 0.221 e. The van der Waals surface area contributed by atoms with Crippen LogP contribution in [0.15, 0.2) is 36.7 Å². The lowest BCUT2D eigenvalue weighted by molar-refractivity contribution is -0.117. The minimum Gasteiger partial charge on any atom is -0.493 e. The molecule has 3 aromatic rings. The summed E-state index contributed by atoms with van der Waals surface area (Å²) >= 11 is 1.41. The van der Waals surface area contributed by atoms with Gasteiger partial charge in [-0.15, -0.1) is 11.3 Å². The highest BCUT2D eigenvalue weighted by molar-refractivity contribution is 7.18. The van der Waals surface area contributed by atoms with Crippen molar-refractivity contribution in [2.75, 3.05) is 6.61 Å². The molecule has 1 aromatic carbocycles. The van der Waals surface area contributed by atoms with Crippen LogP contribution in [0, 0.1) is 0 Å². The Labute approximate surface area is 162 Å². The lowest BCUT2D eigenvalue weighted by atomic mass is 9.90. The molecule has 6 nitrogen and oxygen atoms in total. The van der Waals surface area contributed by atoms with Crippen molar-refractivity contribution in [2.24, 2.45) is 5.73 Å². The Morgan fingerprint density at radius 1 is 1.33 bits per heavy atom. The van der Waals surface area contributed by atoms with Crippen molar-refractivity contribution in [3.63, 3.8) is 0 Å². The molecule has 0 fully saturated rings. The van der Waals surface area contributed by atoms with Gasteiger partial charge < -0.3 is 15.6 Å². The molecule has 2 aromatic heterocycles. The van der Waals surface area contributed by atoms with Crippen LogP contribution in [-0.2, 0) is 16.8 Å². The van der Waals surface area contributed by atoms with Crippen molar-refractivity contribution in [3.8, 4) is 5.75 Å². The minimum absolute atomic E-state index is 0.180. The lowest BCUT2D eigenvalue weighted by Gasteiger charge is -2.27. The van der Waals surface area contributed by atoms with Gasteiger partial charge >= 0.3 is 0 Å². The first-order valence-electron chi connectivity index (χ1n) is 8.95. The van der Waals surface area contributed by atoms with Gasteiger partial charge in [-0.2, -0.15) is 0 Å². The van der Waals surface area contributed by atoms with Crippen LogP contribution >= 0.6 is 11.3 Å². The van der Waals surface area contributed by atoms with E-state index < -0.39 is 5.60 Å². The predicted molar refractivity (Wildman–Crippen MR) is 106 cm³/mol. The van der Waals surface area contributed by atoms with E-state index in [0.717, 1.165) is 22.2 Å². The van der Waals surface area contributed by atoms with Gasteiger partial charge in [0.15, 0.2) is 0 Å². The number of amides is 1. The van der Waals surface area contributed by atoms with Crippen molar-refractivity contribution in [1.29, 1.82) is 0 Å². The van der Waals surface area contributed by atoms with Crippen molar-refractivity contribution >= 4 is 27.5 Å². The second-order valence-corrected chi connectivity index (χ2v) is 7.41. The highest BCUT2D eigenvalue weighted by atomic mass is 32.1. The average molecular weight is 385 g/mol. The van der Waals surface area contributed by atoms with Gasteiger partial charge in [0.25, 0.3) is 0 Å². The third-order valence-electron chi connectivity index (χ3n) is 4.32. The van der Waals surface area contributed by atoms with Gasteiger partial charge in [0.1, 0.15) is 16.4 Å². The normalized spacial score (nSPS) is 13.4. The maximum absolute atomic E-state index is 11.6. The van der Waals surface area contributed by atoms with Crippen LogP contribution in [0.2, 0.25) is 0 Å². The fraction of sp³-hybridized carbons (Fsp3) is 0.350. The third-order valence-corrected chi connectivity index (χ3v) is 5.49. The van der Waals surface area contributed by atoms with Crippen molar-refractivity contribution in [1.82, 2.24) is 9.97 Å². The smallest absolute Gasteiger partial charge is 0.221 e. The molecular weight excluding hydrogens is 362 g/mol. The molecule has 1 atom stereocenters. The molecule has 1 unspecified atom stereocenters. The van der Waals surface area contributed by atoms with Gasteiger partial charge in [-0.3, -0.25) is 9.78 Å². The first-order valence-corrected chi connectivity index (χ1v) is 9.77. The number of nitrogens with two attached hydrogens (primary N) is 1. The van der Waals surface area contributed by atoms with E-state index in [1.807, 2.05) is 32.0 Å². The predicted octanol–water partition coefficient (Wildman–Crippen LogP) is 3.15. The van der Waals surface area contributed by atoms with E-state index in [0.29, 0.717) is 29.3 Å². The number of aromatic nitrogens is 2. The molecule has 0 bridgehead atoms. The molecular formula is C20H23N3O3S. The summed E-state index contributed by atoms with van der Waals surface area (Å²) in [5.74, 6) is 0.232. The minimum atomic E-state index is -1.29. The number of carbonyl (C=O) groups is 1. The zero-order valence-electron chi connectivity index (χ0n) is 15.4. The van der Waals surface area contributed by atoms with Crippen molar-refractivity contribution in [2.45, 2.75) is 38.7 Å². The summed E-state index contributed by atoms with van der Waals surface area (Å²) in [6, 6.07) is 7.36. The molecule has 0 spiro atoms. The Balaban J connectivity index is 2.10. The van der Waals surface area contributed by atoms with E-state index in [2.05, 4.69) is 9.97 Å². The van der Waals surface area contributed by atoms with E-state index in [1.54, 1.807) is 18.5 Å². The number of benzene rings is 1. The molecule has 27 heavy (non-hydrogen) atoms. The Morgan fingerprint density at radius 3 is 2.85 bits per heavy atom. The molecule has 2 heterocycles. The number of hydrogen-bond donors (Lipinski definition) is 2. The summed E-state index contributed by atoms with van der Waals surface area (Å²) in [6.45, 7) is 4.41. The molecule has 3 N–H and O–H groups in total. The van der Waals surface area contributed by atoms with E-state index in [1.165, 1.54) is 11.3 Å². The van der Waals surface area contributed by atoms with Crippen LogP contribution in [-0.4, -0.2) is 27.6 Å². The number of pyridine rings is 1. The van der Waals surface area contributed by atoms with E-state index in [9.17, 15) is 9.90 Å². The summed E-state index contributed by atoms with van der Waals surface area (Å²) in [5.41, 5.74) is 6.23. The SMILES string of the molecule is CCCC(O)(c1nc2ccc(CC(N)=O)cc2s1)c1cnccc1OCC. The van der Waals surface area contributed by atoms with Crippen LogP contribution in [0.3, 0.4) is 0 Å². The number of ether oxygens (including phenoxy) is 1. The number of fused-ring (bicyclic) bond motifs is 1. The summed E-state index contributed by atoms with van der Waals surface area (Å²) in [5, 5.41) is 12.2. The van der Waals surface area contributed by atoms with Crippen LogP contribution in [0.1, 0.15) is 42.8 Å². The molecule has 142 valence electrons. The van der Waals surface area contributed by atoms with E-state index in [4.69, 9.17) is 10.5 Å². The van der Waals surface area contributed by atoms with E-state index >= 15 is 0 Å². The Hall–Kier alpha value is -2.51. The molecule has 0 radical (unpaired) electrons. The van der Waals surface area contributed by atoms with Gasteiger partial charge in [-0.1, -0.05) is 19.4 Å². The van der Waals surface area contributed by atoms with Crippen LogP contribution in [0.5, 0.6) is 5.75 Å². The van der Waals surface area contributed by atoms with Gasteiger partial charge in [0.05, 0.1) is 28.8 Å². The van der Waals surface area contributed by atoms with Crippen LogP contribution in [0.4, 0.5) is 0 Å². The number of rotatable bonds is 8. The van der Waals surface area contributed by atoms with Gasteiger partial charge in [0.2, 0.25) is 5.91 Å². The first kappa shape index (κ1) is 19.3. The topological polar surface area (TPSA) is 98.3 Å². The molecule has 0 aliphatic carbocycles. The van der Waals surface area contributed by atoms with Crippen LogP contribution < -0.4 is 10.5 Å². The fourth-order valence-corrected chi connectivity index (χ4v) is 4.31. The van der Waals surface area contributed by atoms with Crippen molar-refractivity contribution in [3.05, 3.63) is 52.8 Å². The highest BCUT2D eigenvalue weighted by Crippen LogP contribution is 2.42. The number of carbonyl (C=O) groups excluding carboxylic acids is 1. The molecule has 0 saturated heterocycles. The number of thiazole rings is 1. The van der Waals surface area contributed by atoms with Gasteiger partial charge in [-0.05, 0) is 37.1 Å². The second kappa shape index (κ2) is 8.02. The zero-order chi connectivity index (χ0) is 19.4. The lowest BCUT2D eigenvalue weighted by Crippen LogP contribution is -2.28. The molecule has 0 aliphatic rings. The number of hydrogen-bond acceptors (Lipinski definition) is 6. The molecule has 3 rings (SSSR count). The Kier molecular flexibility index (Phi) is 5.72. The summed E-state index contributed by atoms with van der Waals surface area (Å²) < 4.78 is 6.62. The standard InChI is InChI=1S/C20H23N3O3S/c1-3-8-20(25,14-12-22-9-7-16(14)26-4-2)19-23-15-6-5-13(11-18(21)24)10-17(15)27-19/h5-7,9-10,12,25H,3-4,8,11H2,1-2H3,(H2,21,24). The van der Waals surface area contributed by atoms with Crippen molar-refractivity contribution < 1.29 is 14.6 Å². The van der Waals surface area contributed by atoms with Gasteiger partial charge in [-0.25, -0.2) is 4.98 Å². The second-order valence-electron chi connectivity index (χ2n) is 6.38. The van der Waals surface area contributed by atoms with E-state index in [-0.39, 0.29) is 12.3 Å². The largest absolute Gasteiger partial charge is 0.493 e. The monoisotopic (exact) mass is 385 g/mol. The molecule has 7 heteroatoms. The zero-order valence-corrected chi connectivity index (χ0v) is 16.3. The quantitative estimate of drug-likeness (QED) is 0.621.